The average molecular weight is 818 g/mol. The number of nitrogens with zero attached hydrogens (tertiary/aromatic N) is 5. The fourth-order valence-corrected chi connectivity index (χ4v) is 10.1. The van der Waals surface area contributed by atoms with E-state index in [1.807, 2.05) is 55.5 Å². The topological polar surface area (TPSA) is 139 Å². The second kappa shape index (κ2) is 16.6. The molecule has 4 amide bonds. The molecule has 3 aliphatic rings. The molecule has 8 rings (SSSR count). The van der Waals surface area contributed by atoms with E-state index in [0.29, 0.717) is 61.7 Å². The number of imide groups is 1. The number of hydrogen-bond donors (Lipinski definition) is 2. The van der Waals surface area contributed by atoms with Crippen molar-refractivity contribution in [1.82, 2.24) is 30.3 Å². The summed E-state index contributed by atoms with van der Waals surface area (Å²) in [7, 11) is 0. The van der Waals surface area contributed by atoms with Crippen molar-refractivity contribution in [3.05, 3.63) is 110 Å². The maximum Gasteiger partial charge on any atom is 0.254 e. The third kappa shape index (κ3) is 7.71. The van der Waals surface area contributed by atoms with Crippen LogP contribution in [0.15, 0.2) is 65.7 Å². The van der Waals surface area contributed by atoms with E-state index in [9.17, 15) is 19.2 Å². The number of nitrogens with one attached hydrogen (secondary N) is 2. The monoisotopic (exact) mass is 817 g/mol. The smallest absolute Gasteiger partial charge is 0.254 e. The van der Waals surface area contributed by atoms with E-state index in [-0.39, 0.29) is 30.0 Å². The highest BCUT2D eigenvalue weighted by Crippen LogP contribution is 2.41. The van der Waals surface area contributed by atoms with Gasteiger partial charge in [0.15, 0.2) is 5.82 Å². The maximum atomic E-state index is 13.9. The first-order chi connectivity index (χ1) is 28.0. The molecule has 11 nitrogen and oxygen atoms in total. The lowest BCUT2D eigenvalue weighted by Crippen LogP contribution is -2.43. The molecular weight excluding hydrogens is 770 g/mol. The zero-order chi connectivity index (χ0) is 40.6. The quantitative estimate of drug-likeness (QED) is 0.103. The number of benzene rings is 3. The Bertz CT molecular complexity index is 2450. The molecule has 2 atom stereocenters. The summed E-state index contributed by atoms with van der Waals surface area (Å²) in [5.74, 6) is 0.799. The summed E-state index contributed by atoms with van der Waals surface area (Å²) in [6.45, 7) is 7.56. The number of halogens is 1. The van der Waals surface area contributed by atoms with Gasteiger partial charge in [0.05, 0.1) is 17.5 Å². The minimum Gasteiger partial charge on any atom is -0.356 e. The predicted octanol–water partition coefficient (Wildman–Crippen LogP) is 7.92. The minimum absolute atomic E-state index is 0.0726. The molecule has 2 saturated heterocycles. The van der Waals surface area contributed by atoms with Gasteiger partial charge in [0.25, 0.3) is 5.91 Å². The number of aryl methyl sites for hydroxylation is 3. The van der Waals surface area contributed by atoms with E-state index in [2.05, 4.69) is 51.4 Å². The standard InChI is InChI=1S/C45H48ClN7O4S/c1-27-28(2)58-43-39(27)40(31-17-19-32(46)20-18-31)48-36(41-51-50-29(3)53(41)43)25-38(55)47-23-7-5-4-6-11-30-12-8-14-34-33(30)13-9-15-35(34)42(56)52-24-22-45(26-52)21-10-16-37(54)49-44(45)57/h8-9,12-15,17-20,36H,4-7,10-11,16,21-26H2,1-3H3,(H,47,55)(H,49,54,57)/t36-,45?/m0/s1. The molecule has 5 aromatic rings. The Morgan fingerprint density at radius 2 is 1.72 bits per heavy atom. The van der Waals surface area contributed by atoms with E-state index in [4.69, 9.17) is 16.6 Å². The van der Waals surface area contributed by atoms with Crippen molar-refractivity contribution < 1.29 is 19.2 Å². The summed E-state index contributed by atoms with van der Waals surface area (Å²) < 4.78 is 2.06. The Morgan fingerprint density at radius 1 is 0.948 bits per heavy atom. The number of hydrogen-bond acceptors (Lipinski definition) is 8. The fourth-order valence-electron chi connectivity index (χ4n) is 8.81. The molecule has 0 bridgehead atoms. The van der Waals surface area contributed by atoms with Crippen molar-refractivity contribution in [2.45, 2.75) is 91.0 Å². The highest BCUT2D eigenvalue weighted by molar-refractivity contribution is 7.15. The van der Waals surface area contributed by atoms with E-state index >= 15 is 0 Å². The summed E-state index contributed by atoms with van der Waals surface area (Å²) in [5.41, 5.74) is 5.10. The third-order valence-electron chi connectivity index (χ3n) is 12.1. The summed E-state index contributed by atoms with van der Waals surface area (Å²) in [5, 5.41) is 18.3. The van der Waals surface area contributed by atoms with Crippen LogP contribution >= 0.6 is 22.9 Å². The summed E-state index contributed by atoms with van der Waals surface area (Å²) in [4.78, 5) is 60.4. The van der Waals surface area contributed by atoms with Gasteiger partial charge in [0.1, 0.15) is 16.9 Å². The molecule has 2 fully saturated rings. The van der Waals surface area contributed by atoms with Crippen molar-refractivity contribution in [3.63, 3.8) is 0 Å². The number of likely N-dealkylation sites (tertiary alicyclic amines) is 1. The van der Waals surface area contributed by atoms with Gasteiger partial charge in [0, 0.05) is 52.6 Å². The van der Waals surface area contributed by atoms with E-state index in [1.165, 1.54) is 10.4 Å². The highest BCUT2D eigenvalue weighted by Gasteiger charge is 2.47. The number of aliphatic imine (C=N–C) groups is 1. The maximum absolute atomic E-state index is 13.9. The first-order valence-electron chi connectivity index (χ1n) is 20.3. The molecule has 300 valence electrons. The number of amides is 4. The molecule has 3 aliphatic heterocycles. The largest absolute Gasteiger partial charge is 0.356 e. The third-order valence-corrected chi connectivity index (χ3v) is 13.6. The van der Waals surface area contributed by atoms with E-state index < -0.39 is 11.5 Å². The van der Waals surface area contributed by atoms with Crippen LogP contribution in [0.1, 0.15) is 113 Å². The van der Waals surface area contributed by atoms with Crippen LogP contribution in [0.25, 0.3) is 15.8 Å². The molecule has 0 aliphatic carbocycles. The molecule has 5 heterocycles. The number of unbranched alkanes of at least 4 members (excludes halogenated alkanes) is 3. The van der Waals surface area contributed by atoms with Gasteiger partial charge in [-0.1, -0.05) is 66.9 Å². The molecular formula is C45H48ClN7O4S. The molecule has 3 aromatic carbocycles. The Morgan fingerprint density at radius 3 is 2.55 bits per heavy atom. The van der Waals surface area contributed by atoms with Crippen LogP contribution < -0.4 is 10.6 Å². The first-order valence-corrected chi connectivity index (χ1v) is 21.5. The summed E-state index contributed by atoms with van der Waals surface area (Å²) >= 11 is 7.94. The normalized spacial score (nSPS) is 19.1. The van der Waals surface area contributed by atoms with Crippen LogP contribution in [0.5, 0.6) is 0 Å². The van der Waals surface area contributed by atoms with Gasteiger partial charge in [-0.25, -0.2) is 0 Å². The molecule has 1 unspecified atom stereocenters. The van der Waals surface area contributed by atoms with Crippen molar-refractivity contribution in [2.24, 2.45) is 10.4 Å². The van der Waals surface area contributed by atoms with Gasteiger partial charge >= 0.3 is 0 Å². The minimum atomic E-state index is -0.693. The number of rotatable bonds is 11. The Hall–Kier alpha value is -5.20. The Labute approximate surface area is 347 Å². The molecule has 2 aromatic heterocycles. The SMILES string of the molecule is Cc1sc2c(c1C)C(c1ccc(Cl)cc1)=N[C@@H](CC(=O)NCCCCCCc1cccc3c(C(=O)N4CCC5(CCCC(=O)NC5=O)C4)cccc13)c1nnc(C)n1-2. The molecule has 1 spiro atoms. The second-order valence-electron chi connectivity index (χ2n) is 15.9. The van der Waals surface area contributed by atoms with Gasteiger partial charge in [-0.3, -0.25) is 34.1 Å². The predicted molar refractivity (Wildman–Crippen MR) is 227 cm³/mol. The van der Waals surface area contributed by atoms with Crippen molar-refractivity contribution in [2.75, 3.05) is 19.6 Å². The zero-order valence-corrected chi connectivity index (χ0v) is 34.8. The van der Waals surface area contributed by atoms with Gasteiger partial charge in [-0.15, -0.1) is 21.5 Å². The Balaban J connectivity index is 0.858. The van der Waals surface area contributed by atoms with Crippen LogP contribution in [0.3, 0.4) is 0 Å². The zero-order valence-electron chi connectivity index (χ0n) is 33.2. The molecule has 0 radical (unpaired) electrons. The van der Waals surface area contributed by atoms with Crippen LogP contribution in [-0.2, 0) is 20.8 Å². The number of carbonyl (C=O) groups is 4. The van der Waals surface area contributed by atoms with Gasteiger partial charge < -0.3 is 10.2 Å². The number of carbonyl (C=O) groups excluding carboxylic acids is 4. The second-order valence-corrected chi connectivity index (χ2v) is 17.6. The molecule has 13 heteroatoms. The molecule has 58 heavy (non-hydrogen) atoms. The van der Waals surface area contributed by atoms with Gasteiger partial charge in [-0.2, -0.15) is 0 Å². The van der Waals surface area contributed by atoms with Crippen molar-refractivity contribution in [1.29, 1.82) is 0 Å². The Kier molecular flexibility index (Phi) is 11.3. The molecule has 2 N–H and O–H groups in total. The summed E-state index contributed by atoms with van der Waals surface area (Å²) in [6, 6.07) is 19.2. The van der Waals surface area contributed by atoms with E-state index in [1.54, 1.807) is 16.2 Å². The van der Waals surface area contributed by atoms with Gasteiger partial charge in [-0.05, 0) is 99.4 Å². The number of aromatic nitrogens is 3. The highest BCUT2D eigenvalue weighted by atomic mass is 35.5. The lowest BCUT2D eigenvalue weighted by atomic mass is 9.82. The van der Waals surface area contributed by atoms with Crippen molar-refractivity contribution in [3.8, 4) is 5.00 Å². The summed E-state index contributed by atoms with van der Waals surface area (Å²) in [6.07, 6.45) is 7.03. The lowest BCUT2D eigenvalue weighted by molar-refractivity contribution is -0.135. The van der Waals surface area contributed by atoms with E-state index in [0.717, 1.165) is 76.1 Å². The van der Waals surface area contributed by atoms with Crippen LogP contribution in [0.4, 0.5) is 0 Å². The number of thiophene rings is 1. The van der Waals surface area contributed by atoms with Crippen LogP contribution in [0, 0.1) is 26.2 Å². The van der Waals surface area contributed by atoms with Crippen LogP contribution in [-0.4, -0.2) is 68.6 Å². The average Bonchev–Trinajstić information content (AvgIpc) is 3.85. The molecule has 0 saturated carbocycles. The fraction of sp³-hybridized carbons (Fsp3) is 0.400. The number of fused-ring (bicyclic) bond motifs is 4. The van der Waals surface area contributed by atoms with Crippen molar-refractivity contribution >= 4 is 63.1 Å². The lowest BCUT2D eigenvalue weighted by Gasteiger charge is -2.25. The first kappa shape index (κ1) is 39.6. The van der Waals surface area contributed by atoms with Crippen LogP contribution in [0.2, 0.25) is 5.02 Å². The van der Waals surface area contributed by atoms with Gasteiger partial charge in [0.2, 0.25) is 17.7 Å².